The van der Waals surface area contributed by atoms with Gasteiger partial charge in [0.2, 0.25) is 0 Å². The molecule has 1 aromatic carbocycles. The molecule has 7 heteroatoms. The van der Waals surface area contributed by atoms with Gasteiger partial charge in [-0.05, 0) is 24.6 Å². The van der Waals surface area contributed by atoms with Crippen molar-refractivity contribution in [3.63, 3.8) is 0 Å². The third kappa shape index (κ3) is 4.14. The van der Waals surface area contributed by atoms with Crippen LogP contribution in [0.1, 0.15) is 17.3 Å². The Morgan fingerprint density at radius 1 is 1.26 bits per heavy atom. The van der Waals surface area contributed by atoms with Gasteiger partial charge in [0.25, 0.3) is 5.91 Å². The van der Waals surface area contributed by atoms with Crippen molar-refractivity contribution in [1.29, 1.82) is 0 Å². The highest BCUT2D eigenvalue weighted by Crippen LogP contribution is 2.36. The summed E-state index contributed by atoms with van der Waals surface area (Å²) in [5, 5.41) is 4.74. The second-order valence-corrected chi connectivity index (χ2v) is 5.44. The van der Waals surface area contributed by atoms with E-state index in [1.807, 2.05) is 0 Å². The van der Waals surface area contributed by atoms with Crippen LogP contribution in [0.25, 0.3) is 11.1 Å². The van der Waals surface area contributed by atoms with Gasteiger partial charge in [0.1, 0.15) is 23.0 Å². The van der Waals surface area contributed by atoms with Gasteiger partial charge in [0.15, 0.2) is 0 Å². The van der Waals surface area contributed by atoms with Crippen LogP contribution in [0.2, 0.25) is 0 Å². The minimum absolute atomic E-state index is 0.119. The summed E-state index contributed by atoms with van der Waals surface area (Å²) in [6, 6.07) is 5.76. The van der Waals surface area contributed by atoms with E-state index in [9.17, 15) is 14.0 Å². The molecule has 0 radical (unpaired) electrons. The number of anilines is 1. The van der Waals surface area contributed by atoms with Crippen LogP contribution < -0.4 is 5.32 Å². The van der Waals surface area contributed by atoms with Gasteiger partial charge in [-0.1, -0.05) is 12.1 Å². The van der Waals surface area contributed by atoms with E-state index in [4.69, 9.17) is 9.47 Å². The first-order valence-electron chi connectivity index (χ1n) is 6.90. The van der Waals surface area contributed by atoms with E-state index in [0.29, 0.717) is 16.1 Å². The maximum atomic E-state index is 13.1. The average Bonchev–Trinajstić information content (AvgIpc) is 2.92. The molecule has 1 aromatic heterocycles. The summed E-state index contributed by atoms with van der Waals surface area (Å²) in [5.74, 6) is -1.28. The summed E-state index contributed by atoms with van der Waals surface area (Å²) in [6.45, 7) is 1.79. The van der Waals surface area contributed by atoms with Gasteiger partial charge >= 0.3 is 5.97 Å². The van der Waals surface area contributed by atoms with Gasteiger partial charge in [0, 0.05) is 18.1 Å². The van der Waals surface area contributed by atoms with Gasteiger partial charge in [0.05, 0.1) is 6.61 Å². The van der Waals surface area contributed by atoms with Crippen molar-refractivity contribution in [2.45, 2.75) is 6.92 Å². The molecule has 1 N–H and O–H groups in total. The molecule has 0 unspecified atom stereocenters. The number of carbonyl (C=O) groups is 2. The zero-order valence-corrected chi connectivity index (χ0v) is 13.5. The molecule has 0 spiro atoms. The van der Waals surface area contributed by atoms with Crippen molar-refractivity contribution in [1.82, 2.24) is 0 Å². The van der Waals surface area contributed by atoms with Gasteiger partial charge < -0.3 is 14.8 Å². The van der Waals surface area contributed by atoms with Crippen molar-refractivity contribution in [2.24, 2.45) is 0 Å². The quantitative estimate of drug-likeness (QED) is 0.821. The monoisotopic (exact) mass is 337 g/mol. The van der Waals surface area contributed by atoms with Crippen molar-refractivity contribution in [3.8, 4) is 11.1 Å². The molecule has 0 saturated carbocycles. The Hall–Kier alpha value is -2.25. The van der Waals surface area contributed by atoms with Crippen LogP contribution >= 0.6 is 11.3 Å². The SMILES string of the molecule is CCOC(=O)c1c(-c2ccc(F)cc2)csc1NC(=O)COC. The number of hydrogen-bond acceptors (Lipinski definition) is 5. The third-order valence-corrected chi connectivity index (χ3v) is 3.85. The minimum atomic E-state index is -0.541. The Balaban J connectivity index is 2.42. The Kier molecular flexibility index (Phi) is 5.84. The van der Waals surface area contributed by atoms with Crippen LogP contribution in [0, 0.1) is 5.82 Å². The van der Waals surface area contributed by atoms with Crippen molar-refractivity contribution in [3.05, 3.63) is 41.0 Å². The topological polar surface area (TPSA) is 64.6 Å². The van der Waals surface area contributed by atoms with E-state index in [2.05, 4.69) is 5.32 Å². The summed E-state index contributed by atoms with van der Waals surface area (Å²) < 4.78 is 22.9. The zero-order valence-electron chi connectivity index (χ0n) is 12.7. The highest BCUT2D eigenvalue weighted by molar-refractivity contribution is 7.15. The number of hydrogen-bond donors (Lipinski definition) is 1. The maximum Gasteiger partial charge on any atom is 0.341 e. The molecular formula is C16H16FNO4S. The Bertz CT molecular complexity index is 697. The molecular weight excluding hydrogens is 321 g/mol. The first kappa shape index (κ1) is 17.1. The first-order valence-corrected chi connectivity index (χ1v) is 7.78. The van der Waals surface area contributed by atoms with E-state index in [-0.39, 0.29) is 30.5 Å². The minimum Gasteiger partial charge on any atom is -0.462 e. The number of nitrogens with one attached hydrogen (secondary N) is 1. The summed E-state index contributed by atoms with van der Waals surface area (Å²) >= 11 is 1.20. The first-order chi connectivity index (χ1) is 11.1. The second-order valence-electron chi connectivity index (χ2n) is 4.56. The Morgan fingerprint density at radius 3 is 2.57 bits per heavy atom. The number of ether oxygens (including phenoxy) is 2. The predicted octanol–water partition coefficient (Wildman–Crippen LogP) is 3.32. The fraction of sp³-hybridized carbons (Fsp3) is 0.250. The fourth-order valence-electron chi connectivity index (χ4n) is 1.99. The van der Waals surface area contributed by atoms with Gasteiger partial charge in [-0.25, -0.2) is 9.18 Å². The van der Waals surface area contributed by atoms with E-state index in [0.717, 1.165) is 0 Å². The second kappa shape index (κ2) is 7.85. The fourth-order valence-corrected chi connectivity index (χ4v) is 2.97. The summed E-state index contributed by atoms with van der Waals surface area (Å²) in [5.41, 5.74) is 1.51. The van der Waals surface area contributed by atoms with Crippen molar-refractivity contribution >= 4 is 28.2 Å². The smallest absolute Gasteiger partial charge is 0.341 e. The molecule has 0 bridgehead atoms. The van der Waals surface area contributed by atoms with Crippen LogP contribution in [0.5, 0.6) is 0 Å². The molecule has 1 heterocycles. The molecule has 0 saturated heterocycles. The van der Waals surface area contributed by atoms with E-state index in [1.165, 1.54) is 30.6 Å². The molecule has 1 amide bonds. The summed E-state index contributed by atoms with van der Waals surface area (Å²) in [6.07, 6.45) is 0. The molecule has 0 aliphatic rings. The van der Waals surface area contributed by atoms with Crippen LogP contribution in [0.15, 0.2) is 29.6 Å². The summed E-state index contributed by atoms with van der Waals surface area (Å²) in [4.78, 5) is 24.0. The van der Waals surface area contributed by atoms with E-state index < -0.39 is 5.97 Å². The van der Waals surface area contributed by atoms with Gasteiger partial charge in [-0.3, -0.25) is 4.79 Å². The molecule has 0 aliphatic heterocycles. The largest absolute Gasteiger partial charge is 0.462 e. The van der Waals surface area contributed by atoms with Crippen LogP contribution in [-0.4, -0.2) is 32.2 Å². The molecule has 122 valence electrons. The molecule has 2 aromatic rings. The lowest BCUT2D eigenvalue weighted by molar-refractivity contribution is -0.119. The number of carbonyl (C=O) groups excluding carboxylic acids is 2. The average molecular weight is 337 g/mol. The standard InChI is InChI=1S/C16H16FNO4S/c1-3-22-16(20)14-12(10-4-6-11(17)7-5-10)9-23-15(14)18-13(19)8-21-2/h4-7,9H,3,8H2,1-2H3,(H,18,19). The molecule has 0 atom stereocenters. The lowest BCUT2D eigenvalue weighted by Crippen LogP contribution is -2.18. The number of esters is 1. The number of methoxy groups -OCH3 is 1. The lowest BCUT2D eigenvalue weighted by Gasteiger charge is -2.08. The van der Waals surface area contributed by atoms with E-state index >= 15 is 0 Å². The van der Waals surface area contributed by atoms with Crippen LogP contribution in [-0.2, 0) is 14.3 Å². The number of rotatable bonds is 6. The molecule has 0 aliphatic carbocycles. The van der Waals surface area contributed by atoms with Crippen LogP contribution in [0.3, 0.4) is 0 Å². The molecule has 5 nitrogen and oxygen atoms in total. The van der Waals surface area contributed by atoms with Gasteiger partial charge in [-0.15, -0.1) is 11.3 Å². The van der Waals surface area contributed by atoms with Crippen molar-refractivity contribution in [2.75, 3.05) is 25.6 Å². The Labute approximate surface area is 137 Å². The number of halogens is 1. The lowest BCUT2D eigenvalue weighted by atomic mass is 10.0. The summed E-state index contributed by atoms with van der Waals surface area (Å²) in [7, 11) is 1.41. The number of amides is 1. The van der Waals surface area contributed by atoms with E-state index in [1.54, 1.807) is 24.4 Å². The van der Waals surface area contributed by atoms with Crippen LogP contribution in [0.4, 0.5) is 9.39 Å². The third-order valence-electron chi connectivity index (χ3n) is 2.95. The normalized spacial score (nSPS) is 10.4. The highest BCUT2D eigenvalue weighted by Gasteiger charge is 2.22. The number of benzene rings is 1. The molecule has 2 rings (SSSR count). The number of thiophene rings is 1. The van der Waals surface area contributed by atoms with Gasteiger partial charge in [-0.2, -0.15) is 0 Å². The molecule has 23 heavy (non-hydrogen) atoms. The Morgan fingerprint density at radius 2 is 1.96 bits per heavy atom. The maximum absolute atomic E-state index is 13.1. The zero-order chi connectivity index (χ0) is 16.8. The van der Waals surface area contributed by atoms with Crippen molar-refractivity contribution < 1.29 is 23.5 Å². The predicted molar refractivity (Wildman–Crippen MR) is 86.2 cm³/mol. The molecule has 0 fully saturated rings. The highest BCUT2D eigenvalue weighted by atomic mass is 32.1.